The molecule has 1 aliphatic rings. The summed E-state index contributed by atoms with van der Waals surface area (Å²) < 4.78 is 0. The summed E-state index contributed by atoms with van der Waals surface area (Å²) in [4.78, 5) is 23.5. The van der Waals surface area contributed by atoms with Crippen molar-refractivity contribution in [2.24, 2.45) is 0 Å². The smallest absolute Gasteiger partial charge is 0.233 e. The van der Waals surface area contributed by atoms with Gasteiger partial charge in [-0.25, -0.2) is 0 Å². The number of carbonyl (C=O) groups is 2. The van der Waals surface area contributed by atoms with Crippen LogP contribution >= 0.6 is 11.6 Å². The van der Waals surface area contributed by atoms with Crippen LogP contribution in [0.25, 0.3) is 0 Å². The van der Waals surface area contributed by atoms with Crippen LogP contribution in [-0.4, -0.2) is 18.4 Å². The third kappa shape index (κ3) is 5.90. The fourth-order valence-corrected chi connectivity index (χ4v) is 2.66. The first-order chi connectivity index (χ1) is 10.6. The van der Waals surface area contributed by atoms with Crippen molar-refractivity contribution in [2.75, 3.05) is 11.9 Å². The van der Waals surface area contributed by atoms with Crippen LogP contribution in [0.1, 0.15) is 38.5 Å². The largest absolute Gasteiger partial charge is 0.355 e. The lowest BCUT2D eigenvalue weighted by Gasteiger charge is -2.13. The van der Waals surface area contributed by atoms with Crippen LogP contribution in [0, 0.1) is 0 Å². The lowest BCUT2D eigenvalue weighted by Crippen LogP contribution is -2.29. The van der Waals surface area contributed by atoms with E-state index in [1.54, 1.807) is 24.3 Å². The number of allylic oxidation sites excluding steroid dienone is 1. The van der Waals surface area contributed by atoms with Crippen LogP contribution in [0.3, 0.4) is 0 Å². The molecule has 0 aliphatic heterocycles. The number of benzene rings is 1. The molecule has 4 nitrogen and oxygen atoms in total. The molecule has 2 N–H and O–H groups in total. The number of hydrogen-bond acceptors (Lipinski definition) is 2. The molecule has 1 aromatic rings. The average molecular weight is 321 g/mol. The molecule has 0 aromatic heterocycles. The first kappa shape index (κ1) is 16.6. The number of rotatable bonds is 6. The molecule has 0 saturated heterocycles. The molecule has 0 heterocycles. The molecule has 0 unspecified atom stereocenters. The standard InChI is InChI=1S/C17H21ClN2O2/c18-14-7-4-8-15(11-14)20-17(22)12-16(21)19-10-9-13-5-2-1-3-6-13/h4-5,7-8,11H,1-3,6,9-10,12H2,(H,19,21)(H,20,22). The van der Waals surface area contributed by atoms with Gasteiger partial charge in [-0.1, -0.05) is 29.3 Å². The topological polar surface area (TPSA) is 58.2 Å². The zero-order chi connectivity index (χ0) is 15.8. The van der Waals surface area contributed by atoms with E-state index < -0.39 is 0 Å². The predicted octanol–water partition coefficient (Wildman–Crippen LogP) is 3.68. The van der Waals surface area contributed by atoms with E-state index in [1.807, 2.05) is 0 Å². The monoisotopic (exact) mass is 320 g/mol. The van der Waals surface area contributed by atoms with Gasteiger partial charge in [-0.05, 0) is 50.3 Å². The van der Waals surface area contributed by atoms with E-state index in [1.165, 1.54) is 18.4 Å². The van der Waals surface area contributed by atoms with Crippen molar-refractivity contribution < 1.29 is 9.59 Å². The van der Waals surface area contributed by atoms with E-state index in [-0.39, 0.29) is 18.2 Å². The molecule has 0 bridgehead atoms. The van der Waals surface area contributed by atoms with Gasteiger partial charge in [-0.2, -0.15) is 0 Å². The molecule has 5 heteroatoms. The molecule has 2 rings (SSSR count). The highest BCUT2D eigenvalue weighted by Gasteiger charge is 2.10. The van der Waals surface area contributed by atoms with Gasteiger partial charge < -0.3 is 10.6 Å². The summed E-state index contributed by atoms with van der Waals surface area (Å²) in [5, 5.41) is 5.99. The number of anilines is 1. The first-order valence-corrected chi connectivity index (χ1v) is 8.01. The molecule has 22 heavy (non-hydrogen) atoms. The van der Waals surface area contributed by atoms with Crippen molar-refractivity contribution in [3.8, 4) is 0 Å². The van der Waals surface area contributed by atoms with Crippen LogP contribution < -0.4 is 10.6 Å². The summed E-state index contributed by atoms with van der Waals surface area (Å²) in [6.45, 7) is 0.592. The van der Waals surface area contributed by atoms with E-state index in [9.17, 15) is 9.59 Å². The van der Waals surface area contributed by atoms with Crippen molar-refractivity contribution >= 4 is 29.1 Å². The number of carbonyl (C=O) groups excluding carboxylic acids is 2. The van der Waals surface area contributed by atoms with E-state index >= 15 is 0 Å². The van der Waals surface area contributed by atoms with Gasteiger partial charge in [-0.15, -0.1) is 0 Å². The third-order valence-corrected chi connectivity index (χ3v) is 3.82. The molecule has 1 aromatic carbocycles. The highest BCUT2D eigenvalue weighted by molar-refractivity contribution is 6.30. The Morgan fingerprint density at radius 1 is 1.18 bits per heavy atom. The minimum absolute atomic E-state index is 0.175. The van der Waals surface area contributed by atoms with Gasteiger partial charge in [0, 0.05) is 17.3 Å². The summed E-state index contributed by atoms with van der Waals surface area (Å²) in [5.74, 6) is -0.590. The maximum Gasteiger partial charge on any atom is 0.233 e. The second kappa shape index (κ2) is 8.59. The van der Waals surface area contributed by atoms with E-state index in [2.05, 4.69) is 16.7 Å². The summed E-state index contributed by atoms with van der Waals surface area (Å²) in [7, 11) is 0. The number of amides is 2. The Kier molecular flexibility index (Phi) is 6.46. The Bertz CT molecular complexity index is 570. The summed E-state index contributed by atoms with van der Waals surface area (Å²) >= 11 is 5.84. The Morgan fingerprint density at radius 3 is 2.77 bits per heavy atom. The normalized spacial score (nSPS) is 14.1. The summed E-state index contributed by atoms with van der Waals surface area (Å²) in [5.41, 5.74) is 2.01. The van der Waals surface area contributed by atoms with Gasteiger partial charge in [0.25, 0.3) is 0 Å². The zero-order valence-corrected chi connectivity index (χ0v) is 13.3. The van der Waals surface area contributed by atoms with Gasteiger partial charge in [0.1, 0.15) is 6.42 Å². The molecular weight excluding hydrogens is 300 g/mol. The lowest BCUT2D eigenvalue weighted by molar-refractivity contribution is -0.126. The highest BCUT2D eigenvalue weighted by Crippen LogP contribution is 2.19. The number of hydrogen-bond donors (Lipinski definition) is 2. The number of nitrogens with one attached hydrogen (secondary N) is 2. The van der Waals surface area contributed by atoms with Crippen molar-refractivity contribution in [1.82, 2.24) is 5.32 Å². The molecule has 0 saturated carbocycles. The molecular formula is C17H21ClN2O2. The minimum atomic E-state index is -0.336. The van der Waals surface area contributed by atoms with Gasteiger partial charge in [0.05, 0.1) is 0 Å². The molecule has 0 atom stereocenters. The summed E-state index contributed by atoms with van der Waals surface area (Å²) in [6.07, 6.45) is 7.74. The van der Waals surface area contributed by atoms with Crippen molar-refractivity contribution in [1.29, 1.82) is 0 Å². The Labute approximate surface area is 135 Å². The van der Waals surface area contributed by atoms with Crippen LogP contribution in [0.5, 0.6) is 0 Å². The second-order valence-corrected chi connectivity index (χ2v) is 5.88. The second-order valence-electron chi connectivity index (χ2n) is 5.44. The van der Waals surface area contributed by atoms with Gasteiger partial charge >= 0.3 is 0 Å². The Morgan fingerprint density at radius 2 is 2.05 bits per heavy atom. The Hall–Kier alpha value is -1.81. The zero-order valence-electron chi connectivity index (χ0n) is 12.5. The molecule has 0 spiro atoms. The fourth-order valence-electron chi connectivity index (χ4n) is 2.47. The number of halogens is 1. The highest BCUT2D eigenvalue weighted by atomic mass is 35.5. The Balaban J connectivity index is 1.67. The lowest BCUT2D eigenvalue weighted by atomic mass is 9.97. The van der Waals surface area contributed by atoms with Gasteiger partial charge in [0.15, 0.2) is 0 Å². The van der Waals surface area contributed by atoms with Crippen molar-refractivity contribution in [3.05, 3.63) is 40.9 Å². The van der Waals surface area contributed by atoms with Crippen LogP contribution in [0.15, 0.2) is 35.9 Å². The first-order valence-electron chi connectivity index (χ1n) is 7.63. The summed E-state index contributed by atoms with van der Waals surface area (Å²) in [6, 6.07) is 6.85. The van der Waals surface area contributed by atoms with Crippen molar-refractivity contribution in [3.63, 3.8) is 0 Å². The van der Waals surface area contributed by atoms with Crippen LogP contribution in [-0.2, 0) is 9.59 Å². The van der Waals surface area contributed by atoms with E-state index in [0.29, 0.717) is 17.3 Å². The maximum atomic E-state index is 11.8. The van der Waals surface area contributed by atoms with Crippen LogP contribution in [0.2, 0.25) is 5.02 Å². The average Bonchev–Trinajstić information content (AvgIpc) is 2.48. The van der Waals surface area contributed by atoms with E-state index in [4.69, 9.17) is 11.6 Å². The van der Waals surface area contributed by atoms with E-state index in [0.717, 1.165) is 19.3 Å². The quantitative estimate of drug-likeness (QED) is 0.620. The molecule has 0 radical (unpaired) electrons. The van der Waals surface area contributed by atoms with Crippen molar-refractivity contribution in [2.45, 2.75) is 38.5 Å². The van der Waals surface area contributed by atoms with Gasteiger partial charge in [-0.3, -0.25) is 9.59 Å². The molecule has 118 valence electrons. The third-order valence-electron chi connectivity index (χ3n) is 3.58. The minimum Gasteiger partial charge on any atom is -0.355 e. The van der Waals surface area contributed by atoms with Gasteiger partial charge in [0.2, 0.25) is 11.8 Å². The molecule has 0 fully saturated rings. The molecule has 1 aliphatic carbocycles. The molecule has 2 amide bonds. The fraction of sp³-hybridized carbons (Fsp3) is 0.412. The SMILES string of the molecule is O=C(CC(=O)Nc1cccc(Cl)c1)NCCC1=CCCCC1. The predicted molar refractivity (Wildman–Crippen MR) is 88.9 cm³/mol. The maximum absolute atomic E-state index is 11.8. The van der Waals surface area contributed by atoms with Crippen LogP contribution in [0.4, 0.5) is 5.69 Å².